The summed E-state index contributed by atoms with van der Waals surface area (Å²) in [6, 6.07) is 5.61. The molecule has 0 atom stereocenters. The van der Waals surface area contributed by atoms with Gasteiger partial charge in [0.05, 0.1) is 12.0 Å². The zero-order valence-corrected chi connectivity index (χ0v) is 8.62. The molecule has 4 nitrogen and oxygen atoms in total. The van der Waals surface area contributed by atoms with Crippen molar-refractivity contribution in [2.24, 2.45) is 0 Å². The fourth-order valence-electron chi connectivity index (χ4n) is 0.762. The number of hydrogen-bond acceptors (Lipinski definition) is 3. The Morgan fingerprint density at radius 1 is 1.36 bits per heavy atom. The first-order valence-electron chi connectivity index (χ1n) is 3.65. The molecular formula is C9H12O4S. The molecular weight excluding hydrogens is 204 g/mol. The summed E-state index contributed by atoms with van der Waals surface area (Å²) in [5.74, 6) is 0.394. The molecule has 0 aliphatic rings. The predicted octanol–water partition coefficient (Wildman–Crippen LogP) is 1.74. The summed E-state index contributed by atoms with van der Waals surface area (Å²) in [5, 5.41) is 0. The third-order valence-electron chi connectivity index (χ3n) is 1.34. The Bertz CT molecular complexity index is 384. The lowest BCUT2D eigenvalue weighted by Crippen LogP contribution is -1.97. The van der Waals surface area contributed by atoms with E-state index in [1.807, 2.05) is 0 Å². The zero-order valence-electron chi connectivity index (χ0n) is 7.80. The average molecular weight is 216 g/mol. The van der Waals surface area contributed by atoms with Crippen molar-refractivity contribution in [1.82, 2.24) is 0 Å². The molecule has 0 fully saturated rings. The minimum absolute atomic E-state index is 0.165. The van der Waals surface area contributed by atoms with Gasteiger partial charge in [-0.25, -0.2) is 0 Å². The van der Waals surface area contributed by atoms with Crippen molar-refractivity contribution < 1.29 is 17.7 Å². The van der Waals surface area contributed by atoms with Gasteiger partial charge in [-0.1, -0.05) is 6.07 Å². The van der Waals surface area contributed by atoms with Crippen LogP contribution in [0.2, 0.25) is 0 Å². The summed E-state index contributed by atoms with van der Waals surface area (Å²) in [6.45, 7) is 6.00. The van der Waals surface area contributed by atoms with E-state index in [2.05, 4.69) is 13.2 Å². The van der Waals surface area contributed by atoms with Gasteiger partial charge in [-0.2, -0.15) is 8.42 Å². The summed E-state index contributed by atoms with van der Waals surface area (Å²) >= 11 is 0. The molecule has 1 N–H and O–H groups in total. The van der Waals surface area contributed by atoms with Crippen molar-refractivity contribution >= 4 is 10.1 Å². The van der Waals surface area contributed by atoms with Crippen LogP contribution in [-0.4, -0.2) is 20.1 Å². The molecule has 14 heavy (non-hydrogen) atoms. The van der Waals surface area contributed by atoms with Crippen LogP contribution in [0.15, 0.2) is 42.3 Å². The van der Waals surface area contributed by atoms with Crippen LogP contribution < -0.4 is 4.74 Å². The summed E-state index contributed by atoms with van der Waals surface area (Å²) in [6.07, 6.45) is 0. The topological polar surface area (TPSA) is 63.6 Å². The van der Waals surface area contributed by atoms with Crippen LogP contribution in [0.3, 0.4) is 0 Å². The van der Waals surface area contributed by atoms with Gasteiger partial charge in [0.25, 0.3) is 10.1 Å². The summed E-state index contributed by atoms with van der Waals surface area (Å²) in [7, 11) is -2.70. The van der Waals surface area contributed by atoms with Crippen molar-refractivity contribution in [2.45, 2.75) is 4.90 Å². The van der Waals surface area contributed by atoms with Gasteiger partial charge >= 0.3 is 0 Å². The standard InChI is InChI=1S/C7H8O4S.C2H4/c1-11-6-3-2-4-7(5-6)12(8,9)10;1-2/h2-5H,1H3,(H,8,9,10);1-2H2. The van der Waals surface area contributed by atoms with E-state index >= 15 is 0 Å². The molecule has 0 radical (unpaired) electrons. The molecule has 0 bridgehead atoms. The highest BCUT2D eigenvalue weighted by atomic mass is 32.2. The average Bonchev–Trinajstić information content (AvgIpc) is 2.20. The summed E-state index contributed by atoms with van der Waals surface area (Å²) in [4.78, 5) is -0.165. The highest BCUT2D eigenvalue weighted by Gasteiger charge is 2.08. The van der Waals surface area contributed by atoms with Crippen molar-refractivity contribution in [3.05, 3.63) is 37.4 Å². The lowest BCUT2D eigenvalue weighted by atomic mass is 10.3. The van der Waals surface area contributed by atoms with Gasteiger partial charge in [-0.05, 0) is 12.1 Å². The normalized spacial score (nSPS) is 9.86. The number of benzene rings is 1. The third-order valence-corrected chi connectivity index (χ3v) is 2.19. The van der Waals surface area contributed by atoms with Crippen LogP contribution >= 0.6 is 0 Å². The molecule has 0 heterocycles. The van der Waals surface area contributed by atoms with Gasteiger partial charge in [0.2, 0.25) is 0 Å². The summed E-state index contributed by atoms with van der Waals surface area (Å²) in [5.41, 5.74) is 0. The highest BCUT2D eigenvalue weighted by Crippen LogP contribution is 2.16. The Morgan fingerprint density at radius 3 is 2.36 bits per heavy atom. The van der Waals surface area contributed by atoms with Crippen LogP contribution in [0, 0.1) is 0 Å². The summed E-state index contributed by atoms with van der Waals surface area (Å²) < 4.78 is 34.6. The molecule has 0 unspecified atom stereocenters. The van der Waals surface area contributed by atoms with Crippen LogP contribution in [0.1, 0.15) is 0 Å². The second kappa shape index (κ2) is 5.41. The predicted molar refractivity (Wildman–Crippen MR) is 54.1 cm³/mol. The monoisotopic (exact) mass is 216 g/mol. The van der Waals surface area contributed by atoms with E-state index in [9.17, 15) is 8.42 Å². The number of ether oxygens (including phenoxy) is 1. The number of methoxy groups -OCH3 is 1. The molecule has 78 valence electrons. The molecule has 0 aliphatic carbocycles. The maximum atomic E-state index is 10.6. The first-order valence-corrected chi connectivity index (χ1v) is 5.09. The Kier molecular flexibility index (Phi) is 4.90. The Labute approximate surface area is 83.6 Å². The fourth-order valence-corrected chi connectivity index (χ4v) is 1.28. The molecule has 1 aromatic carbocycles. The molecule has 1 aromatic rings. The van der Waals surface area contributed by atoms with Gasteiger partial charge in [0.15, 0.2) is 0 Å². The van der Waals surface area contributed by atoms with E-state index in [4.69, 9.17) is 9.29 Å². The maximum Gasteiger partial charge on any atom is 0.294 e. The quantitative estimate of drug-likeness (QED) is 0.604. The largest absolute Gasteiger partial charge is 0.497 e. The van der Waals surface area contributed by atoms with E-state index in [0.717, 1.165) is 0 Å². The minimum atomic E-state index is -4.12. The lowest BCUT2D eigenvalue weighted by molar-refractivity contribution is 0.412. The van der Waals surface area contributed by atoms with Crippen molar-refractivity contribution in [3.63, 3.8) is 0 Å². The molecule has 0 aromatic heterocycles. The van der Waals surface area contributed by atoms with Crippen molar-refractivity contribution in [1.29, 1.82) is 0 Å². The molecule has 5 heteroatoms. The van der Waals surface area contributed by atoms with Crippen LogP contribution in [0.25, 0.3) is 0 Å². The molecule has 1 rings (SSSR count). The van der Waals surface area contributed by atoms with E-state index in [-0.39, 0.29) is 4.90 Å². The van der Waals surface area contributed by atoms with Crippen LogP contribution in [0.5, 0.6) is 5.75 Å². The van der Waals surface area contributed by atoms with Crippen molar-refractivity contribution in [2.75, 3.05) is 7.11 Å². The Morgan fingerprint density at radius 2 is 1.93 bits per heavy atom. The lowest BCUT2D eigenvalue weighted by Gasteiger charge is -2.00. The molecule has 0 saturated carbocycles. The van der Waals surface area contributed by atoms with Gasteiger partial charge in [0.1, 0.15) is 5.75 Å². The Hall–Kier alpha value is -1.33. The van der Waals surface area contributed by atoms with Gasteiger partial charge < -0.3 is 4.74 Å². The third kappa shape index (κ3) is 3.59. The smallest absolute Gasteiger partial charge is 0.294 e. The van der Waals surface area contributed by atoms with E-state index in [1.165, 1.54) is 25.3 Å². The molecule has 0 saturated heterocycles. The van der Waals surface area contributed by atoms with E-state index in [1.54, 1.807) is 6.07 Å². The second-order valence-electron chi connectivity index (χ2n) is 2.15. The fraction of sp³-hybridized carbons (Fsp3) is 0.111. The Balaban J connectivity index is 0.000000791. The van der Waals surface area contributed by atoms with Gasteiger partial charge in [0, 0.05) is 6.07 Å². The molecule has 0 spiro atoms. The number of rotatable bonds is 2. The van der Waals surface area contributed by atoms with E-state index < -0.39 is 10.1 Å². The van der Waals surface area contributed by atoms with E-state index in [0.29, 0.717) is 5.75 Å². The maximum absolute atomic E-state index is 10.6. The van der Waals surface area contributed by atoms with Crippen molar-refractivity contribution in [3.8, 4) is 5.75 Å². The molecule has 0 aliphatic heterocycles. The highest BCUT2D eigenvalue weighted by molar-refractivity contribution is 7.85. The van der Waals surface area contributed by atoms with Gasteiger partial charge in [-0.3, -0.25) is 4.55 Å². The van der Waals surface area contributed by atoms with Crippen LogP contribution in [0.4, 0.5) is 0 Å². The number of hydrogen-bond donors (Lipinski definition) is 1. The SMILES string of the molecule is C=C.COc1cccc(S(=O)(=O)O)c1. The minimum Gasteiger partial charge on any atom is -0.497 e. The second-order valence-corrected chi connectivity index (χ2v) is 3.58. The van der Waals surface area contributed by atoms with Gasteiger partial charge in [-0.15, -0.1) is 13.2 Å². The molecule has 0 amide bonds. The first kappa shape index (κ1) is 12.7. The first-order chi connectivity index (χ1) is 6.54. The zero-order chi connectivity index (χ0) is 11.2. The van der Waals surface area contributed by atoms with Crippen LogP contribution in [-0.2, 0) is 10.1 Å².